The minimum absolute atomic E-state index is 0.0370. The summed E-state index contributed by atoms with van der Waals surface area (Å²) in [5.74, 6) is -1.03. The van der Waals surface area contributed by atoms with Gasteiger partial charge in [-0.05, 0) is 5.56 Å². The molecule has 0 heterocycles. The lowest BCUT2D eigenvalue weighted by Gasteiger charge is -2.00. The maximum absolute atomic E-state index is 10.3. The molecule has 0 fully saturated rings. The van der Waals surface area contributed by atoms with Crippen molar-refractivity contribution in [3.63, 3.8) is 0 Å². The monoisotopic (exact) mass is 191 g/mol. The van der Waals surface area contributed by atoms with Crippen LogP contribution in [-0.4, -0.2) is 23.1 Å². The van der Waals surface area contributed by atoms with Crippen molar-refractivity contribution < 1.29 is 14.7 Å². The van der Waals surface area contributed by atoms with Gasteiger partial charge in [0, 0.05) is 11.3 Å². The molecule has 72 valence electrons. The van der Waals surface area contributed by atoms with Crippen LogP contribution in [0.2, 0.25) is 0 Å². The molecule has 0 saturated heterocycles. The van der Waals surface area contributed by atoms with Crippen LogP contribution >= 0.6 is 0 Å². The minimum Gasteiger partial charge on any atom is -0.481 e. The highest BCUT2D eigenvalue weighted by molar-refractivity contribution is 6.07. The van der Waals surface area contributed by atoms with Gasteiger partial charge in [-0.3, -0.25) is 9.59 Å². The molecule has 0 aromatic heterocycles. The highest BCUT2D eigenvalue weighted by Crippen LogP contribution is 2.05. The summed E-state index contributed by atoms with van der Waals surface area (Å²) in [6, 6.07) is 6.24. The van der Waals surface area contributed by atoms with Crippen LogP contribution < -0.4 is 0 Å². The molecule has 0 spiro atoms. The zero-order chi connectivity index (χ0) is 10.6. The molecule has 1 aromatic rings. The molecular weight excluding hydrogens is 182 g/mol. The van der Waals surface area contributed by atoms with E-state index in [2.05, 4.69) is 0 Å². The van der Waals surface area contributed by atoms with Gasteiger partial charge >= 0.3 is 5.97 Å². The molecule has 14 heavy (non-hydrogen) atoms. The number of rotatable bonds is 4. The molecule has 4 heteroatoms. The average Bonchev–Trinajstić information content (AvgIpc) is 2.17. The van der Waals surface area contributed by atoms with Crippen LogP contribution in [0.5, 0.6) is 0 Å². The fraction of sp³-hybridized carbons (Fsp3) is 0.100. The Bertz CT molecular complexity index is 367. The molecule has 4 nitrogen and oxygen atoms in total. The fourth-order valence-electron chi connectivity index (χ4n) is 1.02. The SMILES string of the molecule is N=C(CC(=O)O)c1ccc(C=O)cc1. The van der Waals surface area contributed by atoms with E-state index in [1.165, 1.54) is 0 Å². The number of carbonyl (C=O) groups is 2. The molecule has 0 bridgehead atoms. The highest BCUT2D eigenvalue weighted by atomic mass is 16.4. The van der Waals surface area contributed by atoms with Crippen molar-refractivity contribution in [2.75, 3.05) is 0 Å². The van der Waals surface area contributed by atoms with E-state index >= 15 is 0 Å². The van der Waals surface area contributed by atoms with Gasteiger partial charge in [-0.15, -0.1) is 0 Å². The Morgan fingerprint density at radius 2 is 1.93 bits per heavy atom. The number of nitrogens with one attached hydrogen (secondary N) is 1. The second kappa shape index (κ2) is 4.32. The van der Waals surface area contributed by atoms with Crippen molar-refractivity contribution in [3.8, 4) is 0 Å². The number of aldehydes is 1. The molecule has 1 rings (SSSR count). The van der Waals surface area contributed by atoms with E-state index in [1.54, 1.807) is 24.3 Å². The smallest absolute Gasteiger partial charge is 0.309 e. The van der Waals surface area contributed by atoms with Crippen molar-refractivity contribution in [1.82, 2.24) is 0 Å². The predicted molar refractivity (Wildman–Crippen MR) is 50.9 cm³/mol. The summed E-state index contributed by atoms with van der Waals surface area (Å²) in [6.45, 7) is 0. The Hall–Kier alpha value is -1.97. The van der Waals surface area contributed by atoms with Gasteiger partial charge in [0.2, 0.25) is 0 Å². The molecular formula is C10H9NO3. The Balaban J connectivity index is 2.81. The number of aliphatic carboxylic acids is 1. The minimum atomic E-state index is -1.03. The van der Waals surface area contributed by atoms with E-state index < -0.39 is 5.97 Å². The second-order valence-corrected chi connectivity index (χ2v) is 2.79. The summed E-state index contributed by atoms with van der Waals surface area (Å²) in [5, 5.41) is 15.9. The molecule has 0 aliphatic heterocycles. The standard InChI is InChI=1S/C10H9NO3/c11-9(5-10(13)14)8-3-1-7(6-12)2-4-8/h1-4,6,11H,5H2,(H,13,14). The third-order valence-corrected chi connectivity index (χ3v) is 1.72. The van der Waals surface area contributed by atoms with Crippen LogP contribution in [0.1, 0.15) is 22.3 Å². The van der Waals surface area contributed by atoms with Crippen LogP contribution in [0.3, 0.4) is 0 Å². The van der Waals surface area contributed by atoms with E-state index in [0.29, 0.717) is 17.4 Å². The number of benzene rings is 1. The van der Waals surface area contributed by atoms with Crippen LogP contribution in [0, 0.1) is 5.41 Å². The van der Waals surface area contributed by atoms with Crippen LogP contribution in [-0.2, 0) is 4.79 Å². The Labute approximate surface area is 80.7 Å². The highest BCUT2D eigenvalue weighted by Gasteiger charge is 2.05. The summed E-state index contributed by atoms with van der Waals surface area (Å²) in [7, 11) is 0. The van der Waals surface area contributed by atoms with Crippen LogP contribution in [0.15, 0.2) is 24.3 Å². The Kier molecular flexibility index (Phi) is 3.12. The Morgan fingerprint density at radius 3 is 2.36 bits per heavy atom. The van der Waals surface area contributed by atoms with Crippen molar-refractivity contribution >= 4 is 18.0 Å². The molecule has 0 amide bonds. The molecule has 2 N–H and O–H groups in total. The van der Waals surface area contributed by atoms with Crippen LogP contribution in [0.25, 0.3) is 0 Å². The van der Waals surface area contributed by atoms with E-state index in [4.69, 9.17) is 10.5 Å². The lowest BCUT2D eigenvalue weighted by molar-refractivity contribution is -0.135. The van der Waals surface area contributed by atoms with Gasteiger partial charge in [0.05, 0.1) is 6.42 Å². The van der Waals surface area contributed by atoms with Gasteiger partial charge in [-0.2, -0.15) is 0 Å². The van der Waals surface area contributed by atoms with E-state index in [9.17, 15) is 9.59 Å². The van der Waals surface area contributed by atoms with E-state index in [-0.39, 0.29) is 12.1 Å². The third kappa shape index (κ3) is 2.52. The first-order valence-corrected chi connectivity index (χ1v) is 3.98. The quantitative estimate of drug-likeness (QED) is 0.556. The summed E-state index contributed by atoms with van der Waals surface area (Å²) in [5.41, 5.74) is 1.07. The molecule has 0 aliphatic carbocycles. The van der Waals surface area contributed by atoms with Crippen molar-refractivity contribution in [2.24, 2.45) is 0 Å². The van der Waals surface area contributed by atoms with Crippen molar-refractivity contribution in [2.45, 2.75) is 6.42 Å². The van der Waals surface area contributed by atoms with Gasteiger partial charge in [0.25, 0.3) is 0 Å². The van der Waals surface area contributed by atoms with Gasteiger partial charge in [-0.25, -0.2) is 0 Å². The molecule has 0 saturated carbocycles. The topological polar surface area (TPSA) is 78.2 Å². The number of carboxylic acid groups (broad SMARTS) is 1. The normalized spacial score (nSPS) is 9.43. The average molecular weight is 191 g/mol. The summed E-state index contributed by atoms with van der Waals surface area (Å²) in [4.78, 5) is 20.6. The summed E-state index contributed by atoms with van der Waals surface area (Å²) >= 11 is 0. The first kappa shape index (κ1) is 10.1. The van der Waals surface area contributed by atoms with Crippen molar-refractivity contribution in [3.05, 3.63) is 35.4 Å². The number of carboxylic acids is 1. The summed E-state index contributed by atoms with van der Waals surface area (Å²) < 4.78 is 0. The molecule has 0 unspecified atom stereocenters. The Morgan fingerprint density at radius 1 is 1.36 bits per heavy atom. The maximum atomic E-state index is 10.3. The third-order valence-electron chi connectivity index (χ3n) is 1.72. The van der Waals surface area contributed by atoms with Gasteiger partial charge in [0.1, 0.15) is 6.29 Å². The van der Waals surface area contributed by atoms with E-state index in [0.717, 1.165) is 0 Å². The molecule has 0 atom stereocenters. The first-order valence-electron chi connectivity index (χ1n) is 3.98. The second-order valence-electron chi connectivity index (χ2n) is 2.79. The first-order chi connectivity index (χ1) is 6.63. The number of hydrogen-bond acceptors (Lipinski definition) is 3. The lowest BCUT2D eigenvalue weighted by Crippen LogP contribution is -2.06. The zero-order valence-electron chi connectivity index (χ0n) is 7.36. The largest absolute Gasteiger partial charge is 0.481 e. The van der Waals surface area contributed by atoms with Gasteiger partial charge < -0.3 is 10.5 Å². The van der Waals surface area contributed by atoms with Gasteiger partial charge in [-0.1, -0.05) is 24.3 Å². The lowest BCUT2D eigenvalue weighted by atomic mass is 10.1. The molecule has 0 radical (unpaired) electrons. The fourth-order valence-corrected chi connectivity index (χ4v) is 1.02. The zero-order valence-corrected chi connectivity index (χ0v) is 7.36. The van der Waals surface area contributed by atoms with Gasteiger partial charge in [0.15, 0.2) is 0 Å². The maximum Gasteiger partial charge on any atom is 0.309 e. The van der Waals surface area contributed by atoms with E-state index in [1.807, 2.05) is 0 Å². The number of carbonyl (C=O) groups excluding carboxylic acids is 1. The number of hydrogen-bond donors (Lipinski definition) is 2. The summed E-state index contributed by atoms with van der Waals surface area (Å²) in [6.07, 6.45) is 0.394. The van der Waals surface area contributed by atoms with Crippen molar-refractivity contribution in [1.29, 1.82) is 5.41 Å². The molecule has 0 aliphatic rings. The van der Waals surface area contributed by atoms with Crippen LogP contribution in [0.4, 0.5) is 0 Å². The predicted octanol–water partition coefficient (Wildman–Crippen LogP) is 1.34. The molecule has 1 aromatic carbocycles.